The summed E-state index contributed by atoms with van der Waals surface area (Å²) >= 11 is 3.30. The molecule has 0 atom stereocenters. The molecule has 0 unspecified atom stereocenters. The summed E-state index contributed by atoms with van der Waals surface area (Å²) in [6, 6.07) is 6.67. The minimum absolute atomic E-state index is 0.108. The second-order valence-corrected chi connectivity index (χ2v) is 7.37. The molecule has 114 valence electrons. The van der Waals surface area contributed by atoms with Crippen molar-refractivity contribution < 1.29 is 13.2 Å². The molecule has 0 radical (unpaired) electrons. The molecule has 21 heavy (non-hydrogen) atoms. The van der Waals surface area contributed by atoms with Crippen LogP contribution in [0.15, 0.2) is 33.6 Å². The molecule has 1 heterocycles. The third-order valence-electron chi connectivity index (χ3n) is 2.84. The Hall–Kier alpha value is -1.34. The van der Waals surface area contributed by atoms with Crippen LogP contribution >= 0.6 is 15.9 Å². The molecule has 0 bridgehead atoms. The normalized spacial score (nSPS) is 11.6. The van der Waals surface area contributed by atoms with E-state index in [0.717, 1.165) is 10.5 Å². The summed E-state index contributed by atoms with van der Waals surface area (Å²) in [4.78, 5) is 0.108. The predicted molar refractivity (Wildman–Crippen MR) is 84.2 cm³/mol. The molecule has 2 rings (SSSR count). The van der Waals surface area contributed by atoms with Gasteiger partial charge in [0, 0.05) is 4.47 Å². The Bertz CT molecular complexity index is 754. The van der Waals surface area contributed by atoms with E-state index in [0.29, 0.717) is 28.2 Å². The molecule has 7 heteroatoms. The number of hydrogen-bond acceptors (Lipinski definition) is 4. The molecule has 0 aliphatic carbocycles. The fraction of sp³-hybridized carbons (Fsp3) is 0.357. The van der Waals surface area contributed by atoms with Crippen LogP contribution in [0.4, 0.5) is 0 Å². The first kappa shape index (κ1) is 16.0. The number of rotatable bonds is 5. The summed E-state index contributed by atoms with van der Waals surface area (Å²) in [7, 11) is -3.78. The van der Waals surface area contributed by atoms with E-state index < -0.39 is 10.0 Å². The Kier molecular flexibility index (Phi) is 4.73. The van der Waals surface area contributed by atoms with Crippen LogP contribution in [0.25, 0.3) is 0 Å². The first-order valence-corrected chi connectivity index (χ1v) is 8.80. The van der Waals surface area contributed by atoms with Crippen LogP contribution in [0, 0.1) is 13.8 Å². The van der Waals surface area contributed by atoms with Gasteiger partial charge in [0.15, 0.2) is 0 Å². The van der Waals surface area contributed by atoms with Gasteiger partial charge in [-0.2, -0.15) is 17.6 Å². The Morgan fingerprint density at radius 1 is 1.29 bits per heavy atom. The number of ether oxygens (including phenoxy) is 1. The average molecular weight is 373 g/mol. The van der Waals surface area contributed by atoms with Crippen molar-refractivity contribution in [3.63, 3.8) is 0 Å². The molecule has 1 aromatic heterocycles. The van der Waals surface area contributed by atoms with Crippen molar-refractivity contribution in [1.29, 1.82) is 0 Å². The van der Waals surface area contributed by atoms with Gasteiger partial charge in [0.25, 0.3) is 10.0 Å². The van der Waals surface area contributed by atoms with Gasteiger partial charge in [0.2, 0.25) is 0 Å². The summed E-state index contributed by atoms with van der Waals surface area (Å²) in [5.41, 5.74) is 1.22. The second-order valence-electron chi connectivity index (χ2n) is 4.71. The standard InChI is InChI=1S/C14H17BrN2O3S/c1-4-7-20-13-6-5-12(15)9-14(13)21(18,19)17-11(3)8-10(2)16-17/h5-6,8-9H,4,7H2,1-3H3. The second kappa shape index (κ2) is 6.19. The fourth-order valence-electron chi connectivity index (χ4n) is 1.96. The maximum atomic E-state index is 12.8. The maximum Gasteiger partial charge on any atom is 0.286 e. The van der Waals surface area contributed by atoms with Crippen LogP contribution in [-0.2, 0) is 10.0 Å². The molecule has 0 spiro atoms. The van der Waals surface area contributed by atoms with E-state index in [1.165, 1.54) is 6.07 Å². The molecule has 5 nitrogen and oxygen atoms in total. The predicted octanol–water partition coefficient (Wildman–Crippen LogP) is 3.29. The van der Waals surface area contributed by atoms with E-state index in [-0.39, 0.29) is 4.90 Å². The largest absolute Gasteiger partial charge is 0.492 e. The Morgan fingerprint density at radius 2 is 2.00 bits per heavy atom. The van der Waals surface area contributed by atoms with Gasteiger partial charge >= 0.3 is 0 Å². The number of benzene rings is 1. The highest BCUT2D eigenvalue weighted by Gasteiger charge is 2.25. The van der Waals surface area contributed by atoms with Gasteiger partial charge in [-0.25, -0.2) is 0 Å². The minimum Gasteiger partial charge on any atom is -0.492 e. The SMILES string of the molecule is CCCOc1ccc(Br)cc1S(=O)(=O)n1nc(C)cc1C. The molecular weight excluding hydrogens is 356 g/mol. The molecule has 2 aromatic rings. The summed E-state index contributed by atoms with van der Waals surface area (Å²) in [5.74, 6) is 0.340. The lowest BCUT2D eigenvalue weighted by molar-refractivity contribution is 0.309. The molecule has 0 aliphatic heterocycles. The lowest BCUT2D eigenvalue weighted by atomic mass is 10.3. The molecule has 0 amide bonds. The zero-order chi connectivity index (χ0) is 15.6. The average Bonchev–Trinajstić information content (AvgIpc) is 2.77. The van der Waals surface area contributed by atoms with Crippen LogP contribution in [-0.4, -0.2) is 24.2 Å². The highest BCUT2D eigenvalue weighted by atomic mass is 79.9. The summed E-state index contributed by atoms with van der Waals surface area (Å²) in [5, 5.41) is 4.07. The molecule has 0 saturated heterocycles. The number of aryl methyl sites for hydroxylation is 2. The van der Waals surface area contributed by atoms with Crippen LogP contribution in [0.5, 0.6) is 5.75 Å². The molecule has 0 fully saturated rings. The molecule has 1 aromatic carbocycles. The number of hydrogen-bond donors (Lipinski definition) is 0. The van der Waals surface area contributed by atoms with Gasteiger partial charge < -0.3 is 4.74 Å². The first-order valence-electron chi connectivity index (χ1n) is 6.57. The van der Waals surface area contributed by atoms with Gasteiger partial charge in [0.1, 0.15) is 10.6 Å². The van der Waals surface area contributed by atoms with Crippen LogP contribution in [0.2, 0.25) is 0 Å². The van der Waals surface area contributed by atoms with E-state index in [2.05, 4.69) is 21.0 Å². The third kappa shape index (κ3) is 3.29. The van der Waals surface area contributed by atoms with Crippen molar-refractivity contribution >= 4 is 26.0 Å². The van der Waals surface area contributed by atoms with Crippen molar-refractivity contribution in [3.8, 4) is 5.75 Å². The molecule has 0 N–H and O–H groups in total. The number of nitrogens with zero attached hydrogens (tertiary/aromatic N) is 2. The van der Waals surface area contributed by atoms with Gasteiger partial charge in [-0.3, -0.25) is 0 Å². The summed E-state index contributed by atoms with van der Waals surface area (Å²) in [6.07, 6.45) is 0.801. The highest BCUT2D eigenvalue weighted by molar-refractivity contribution is 9.10. The van der Waals surface area contributed by atoms with Crippen molar-refractivity contribution in [1.82, 2.24) is 9.19 Å². The Morgan fingerprint density at radius 3 is 2.57 bits per heavy atom. The highest BCUT2D eigenvalue weighted by Crippen LogP contribution is 2.29. The number of halogens is 1. The zero-order valence-electron chi connectivity index (χ0n) is 12.1. The zero-order valence-corrected chi connectivity index (χ0v) is 14.5. The topological polar surface area (TPSA) is 61.2 Å². The lowest BCUT2D eigenvalue weighted by Gasteiger charge is -2.13. The maximum absolute atomic E-state index is 12.8. The quantitative estimate of drug-likeness (QED) is 0.807. The van der Waals surface area contributed by atoms with Crippen LogP contribution in [0.1, 0.15) is 24.7 Å². The summed E-state index contributed by atoms with van der Waals surface area (Å²) < 4.78 is 32.9. The van der Waals surface area contributed by atoms with Crippen molar-refractivity contribution in [2.75, 3.05) is 6.61 Å². The lowest BCUT2D eigenvalue weighted by Crippen LogP contribution is -2.17. The van der Waals surface area contributed by atoms with E-state index in [9.17, 15) is 8.42 Å². The van der Waals surface area contributed by atoms with Gasteiger partial charge in [0.05, 0.1) is 18.0 Å². The van der Waals surface area contributed by atoms with E-state index in [1.54, 1.807) is 32.0 Å². The van der Waals surface area contributed by atoms with Gasteiger partial charge in [-0.15, -0.1) is 0 Å². The molecule has 0 saturated carbocycles. The summed E-state index contributed by atoms with van der Waals surface area (Å²) in [6.45, 7) is 5.89. The monoisotopic (exact) mass is 372 g/mol. The van der Waals surface area contributed by atoms with Crippen LogP contribution < -0.4 is 4.74 Å². The van der Waals surface area contributed by atoms with E-state index >= 15 is 0 Å². The van der Waals surface area contributed by atoms with Gasteiger partial charge in [-0.1, -0.05) is 22.9 Å². The van der Waals surface area contributed by atoms with Crippen molar-refractivity contribution in [3.05, 3.63) is 40.1 Å². The van der Waals surface area contributed by atoms with Gasteiger partial charge in [-0.05, 0) is 44.5 Å². The van der Waals surface area contributed by atoms with Crippen molar-refractivity contribution in [2.45, 2.75) is 32.1 Å². The molecule has 0 aliphatic rings. The molecular formula is C14H17BrN2O3S. The van der Waals surface area contributed by atoms with Crippen molar-refractivity contribution in [2.24, 2.45) is 0 Å². The van der Waals surface area contributed by atoms with E-state index in [1.807, 2.05) is 6.92 Å². The smallest absolute Gasteiger partial charge is 0.286 e. The van der Waals surface area contributed by atoms with E-state index in [4.69, 9.17) is 4.74 Å². The first-order chi connectivity index (χ1) is 9.86. The third-order valence-corrected chi connectivity index (χ3v) is 5.03. The minimum atomic E-state index is -3.78. The van der Waals surface area contributed by atoms with Crippen LogP contribution in [0.3, 0.4) is 0 Å². The Labute approximate surface area is 133 Å². The number of aromatic nitrogens is 2. The fourth-order valence-corrected chi connectivity index (χ4v) is 3.98. The Balaban J connectivity index is 2.58.